The van der Waals surface area contributed by atoms with Gasteiger partial charge in [-0.1, -0.05) is 41.6 Å². The van der Waals surface area contributed by atoms with Gasteiger partial charge in [0, 0.05) is 17.6 Å². The van der Waals surface area contributed by atoms with Crippen LogP contribution in [0.3, 0.4) is 0 Å². The van der Waals surface area contributed by atoms with Gasteiger partial charge in [0.05, 0.1) is 6.54 Å². The lowest BCUT2D eigenvalue weighted by atomic mass is 9.79. The van der Waals surface area contributed by atoms with Crippen molar-refractivity contribution in [3.8, 4) is 11.4 Å². The van der Waals surface area contributed by atoms with Gasteiger partial charge >= 0.3 is 11.8 Å². The van der Waals surface area contributed by atoms with Gasteiger partial charge in [0.2, 0.25) is 11.7 Å². The van der Waals surface area contributed by atoms with Crippen LogP contribution in [0.2, 0.25) is 0 Å². The lowest BCUT2D eigenvalue weighted by molar-refractivity contribution is -0.121. The Kier molecular flexibility index (Phi) is 9.23. The Morgan fingerprint density at radius 2 is 1.84 bits per heavy atom. The number of benzene rings is 2. The third kappa shape index (κ3) is 7.25. The maximum atomic E-state index is 13.6. The number of hydrogen-bond acceptors (Lipinski definition) is 6. The molecular weight excluding hydrogens is 485 g/mol. The van der Waals surface area contributed by atoms with E-state index in [0.29, 0.717) is 17.5 Å². The zero-order valence-electron chi connectivity index (χ0n) is 22.2. The normalized spacial score (nSPS) is 18.2. The molecular formula is C29H36FN5O3. The van der Waals surface area contributed by atoms with E-state index in [0.717, 1.165) is 44.1 Å². The standard InChI is InChI=1S/C29H36FN5O3/c1-19-9-13-22(30)17-24(19)27-33-29(38-34-27)28(37)31-18-26(36)32-23-14-11-21(12-15-23)25(35(2)3)16-10-20-7-5-4-6-8-20/h4-9,13,17,21,23,25H,10-12,14-16,18H2,1-3H3,(H,31,37)(H,32,36). The molecule has 9 heteroatoms. The molecule has 0 bridgehead atoms. The highest BCUT2D eigenvalue weighted by molar-refractivity contribution is 5.93. The molecule has 38 heavy (non-hydrogen) atoms. The summed E-state index contributed by atoms with van der Waals surface area (Å²) in [5.41, 5.74) is 2.56. The fraction of sp³-hybridized carbons (Fsp3) is 0.448. The van der Waals surface area contributed by atoms with Crippen molar-refractivity contribution in [2.45, 2.75) is 57.5 Å². The van der Waals surface area contributed by atoms with Crippen LogP contribution in [-0.2, 0) is 11.2 Å². The van der Waals surface area contributed by atoms with E-state index in [4.69, 9.17) is 4.52 Å². The van der Waals surface area contributed by atoms with E-state index in [9.17, 15) is 14.0 Å². The van der Waals surface area contributed by atoms with Crippen LogP contribution < -0.4 is 10.6 Å². The van der Waals surface area contributed by atoms with Crippen LogP contribution in [0, 0.1) is 18.7 Å². The SMILES string of the molecule is Cc1ccc(F)cc1-c1noc(C(=O)NCC(=O)NC2CCC(C(CCc3ccccc3)N(C)C)CC2)n1. The van der Waals surface area contributed by atoms with E-state index in [2.05, 4.69) is 64.0 Å². The third-order valence-electron chi connectivity index (χ3n) is 7.39. The van der Waals surface area contributed by atoms with Crippen molar-refractivity contribution in [3.05, 3.63) is 71.4 Å². The van der Waals surface area contributed by atoms with E-state index in [-0.39, 0.29) is 30.2 Å². The Morgan fingerprint density at radius 3 is 2.55 bits per heavy atom. The van der Waals surface area contributed by atoms with Gasteiger partial charge in [-0.3, -0.25) is 9.59 Å². The van der Waals surface area contributed by atoms with Crippen LogP contribution in [0.5, 0.6) is 0 Å². The Hall–Kier alpha value is -3.59. The number of hydrogen-bond donors (Lipinski definition) is 2. The number of carbonyl (C=O) groups is 2. The lowest BCUT2D eigenvalue weighted by Gasteiger charge is -2.37. The topological polar surface area (TPSA) is 100 Å². The van der Waals surface area contributed by atoms with Crippen molar-refractivity contribution >= 4 is 11.8 Å². The first-order chi connectivity index (χ1) is 18.3. The first-order valence-electron chi connectivity index (χ1n) is 13.2. The molecule has 202 valence electrons. The zero-order chi connectivity index (χ0) is 27.1. The van der Waals surface area contributed by atoms with Crippen molar-refractivity contribution in [3.63, 3.8) is 0 Å². The summed E-state index contributed by atoms with van der Waals surface area (Å²) in [5, 5.41) is 9.34. The highest BCUT2D eigenvalue weighted by Crippen LogP contribution is 2.31. The van der Waals surface area contributed by atoms with Crippen LogP contribution in [-0.4, -0.2) is 59.6 Å². The van der Waals surface area contributed by atoms with Gasteiger partial charge in [0.15, 0.2) is 0 Å². The number of nitrogens with one attached hydrogen (secondary N) is 2. The summed E-state index contributed by atoms with van der Waals surface area (Å²) in [6.07, 6.45) is 6.11. The molecule has 0 radical (unpaired) electrons. The third-order valence-corrected chi connectivity index (χ3v) is 7.39. The van der Waals surface area contributed by atoms with Crippen molar-refractivity contribution in [1.82, 2.24) is 25.7 Å². The monoisotopic (exact) mass is 521 g/mol. The molecule has 3 aromatic rings. The average molecular weight is 522 g/mol. The molecule has 4 rings (SSSR count). The van der Waals surface area contributed by atoms with E-state index in [1.807, 2.05) is 6.07 Å². The molecule has 1 unspecified atom stereocenters. The van der Waals surface area contributed by atoms with Crippen molar-refractivity contribution in [1.29, 1.82) is 0 Å². The Morgan fingerprint density at radius 1 is 1.11 bits per heavy atom. The summed E-state index contributed by atoms with van der Waals surface area (Å²) >= 11 is 0. The summed E-state index contributed by atoms with van der Waals surface area (Å²) in [4.78, 5) is 31.3. The van der Waals surface area contributed by atoms with Crippen molar-refractivity contribution < 1.29 is 18.5 Å². The van der Waals surface area contributed by atoms with Gasteiger partial charge in [-0.15, -0.1) is 0 Å². The molecule has 8 nitrogen and oxygen atoms in total. The van der Waals surface area contributed by atoms with Crippen LogP contribution >= 0.6 is 0 Å². The molecule has 1 atom stereocenters. The number of nitrogens with zero attached hydrogens (tertiary/aromatic N) is 3. The minimum atomic E-state index is -0.649. The lowest BCUT2D eigenvalue weighted by Crippen LogP contribution is -2.45. The second-order valence-electron chi connectivity index (χ2n) is 10.3. The molecule has 1 aliphatic carbocycles. The molecule has 0 saturated heterocycles. The Bertz CT molecular complexity index is 1220. The van der Waals surface area contributed by atoms with Gasteiger partial charge in [0.25, 0.3) is 0 Å². The summed E-state index contributed by atoms with van der Waals surface area (Å²) in [6.45, 7) is 1.60. The maximum Gasteiger partial charge on any atom is 0.316 e. The zero-order valence-corrected chi connectivity index (χ0v) is 22.2. The largest absolute Gasteiger partial charge is 0.352 e. The van der Waals surface area contributed by atoms with Crippen LogP contribution in [0.1, 0.15) is 53.9 Å². The van der Waals surface area contributed by atoms with Crippen LogP contribution in [0.25, 0.3) is 11.4 Å². The number of aromatic nitrogens is 2. The maximum absolute atomic E-state index is 13.6. The van der Waals surface area contributed by atoms with Gasteiger partial charge in [-0.2, -0.15) is 4.98 Å². The molecule has 2 N–H and O–H groups in total. The fourth-order valence-electron chi connectivity index (χ4n) is 5.30. The smallest absolute Gasteiger partial charge is 0.316 e. The van der Waals surface area contributed by atoms with Crippen molar-refractivity contribution in [2.75, 3.05) is 20.6 Å². The van der Waals surface area contributed by atoms with E-state index < -0.39 is 11.7 Å². The highest BCUT2D eigenvalue weighted by Gasteiger charge is 2.29. The molecule has 1 aromatic heterocycles. The number of halogens is 1. The second-order valence-corrected chi connectivity index (χ2v) is 10.3. The number of amides is 2. The minimum Gasteiger partial charge on any atom is -0.352 e. The van der Waals surface area contributed by atoms with E-state index >= 15 is 0 Å². The molecule has 1 fully saturated rings. The first-order valence-corrected chi connectivity index (χ1v) is 13.2. The molecule has 1 saturated carbocycles. The van der Waals surface area contributed by atoms with Crippen molar-refractivity contribution in [2.24, 2.45) is 5.92 Å². The predicted octanol–water partition coefficient (Wildman–Crippen LogP) is 4.15. The molecule has 2 aromatic carbocycles. The van der Waals surface area contributed by atoms with E-state index in [1.54, 1.807) is 13.0 Å². The van der Waals surface area contributed by atoms with Gasteiger partial charge in [0.1, 0.15) is 5.82 Å². The molecule has 1 aliphatic rings. The molecule has 0 spiro atoms. The molecule has 2 amide bonds. The van der Waals surface area contributed by atoms with Gasteiger partial charge < -0.3 is 20.1 Å². The highest BCUT2D eigenvalue weighted by atomic mass is 19.1. The fourth-order valence-corrected chi connectivity index (χ4v) is 5.30. The predicted molar refractivity (Wildman–Crippen MR) is 143 cm³/mol. The quantitative estimate of drug-likeness (QED) is 0.416. The van der Waals surface area contributed by atoms with Crippen LogP contribution in [0.15, 0.2) is 53.1 Å². The van der Waals surface area contributed by atoms with Gasteiger partial charge in [-0.25, -0.2) is 4.39 Å². The molecule has 1 heterocycles. The van der Waals surface area contributed by atoms with Gasteiger partial charge in [-0.05, 0) is 88.7 Å². The summed E-state index contributed by atoms with van der Waals surface area (Å²) in [7, 11) is 4.30. The van der Waals surface area contributed by atoms with E-state index in [1.165, 1.54) is 17.7 Å². The summed E-state index contributed by atoms with van der Waals surface area (Å²) < 4.78 is 18.6. The minimum absolute atomic E-state index is 0.0959. The second kappa shape index (κ2) is 12.8. The summed E-state index contributed by atoms with van der Waals surface area (Å²) in [5.74, 6) is -0.901. The number of carbonyl (C=O) groups excluding carboxylic acids is 2. The Labute approximate surface area is 223 Å². The first kappa shape index (κ1) is 27.4. The number of aryl methyl sites for hydroxylation is 2. The summed E-state index contributed by atoms with van der Waals surface area (Å²) in [6, 6.07) is 15.4. The number of rotatable bonds is 10. The molecule has 0 aliphatic heterocycles. The Balaban J connectivity index is 1.21. The van der Waals surface area contributed by atoms with Crippen LogP contribution in [0.4, 0.5) is 4.39 Å². The average Bonchev–Trinajstić information content (AvgIpc) is 3.40.